The third kappa shape index (κ3) is 6.27. The number of hydrogen-bond donors (Lipinski definition) is 1. The van der Waals surface area contributed by atoms with Crippen LogP contribution in [0.5, 0.6) is 5.75 Å². The van der Waals surface area contributed by atoms with Gasteiger partial charge in [-0.2, -0.15) is 5.10 Å². The fourth-order valence-corrected chi connectivity index (χ4v) is 3.27. The lowest BCUT2D eigenvalue weighted by atomic mass is 10.3. The van der Waals surface area contributed by atoms with E-state index in [1.54, 1.807) is 0 Å². The molecule has 0 saturated carbocycles. The van der Waals surface area contributed by atoms with Crippen LogP contribution in [0.15, 0.2) is 47.7 Å². The molecule has 0 aliphatic carbocycles. The third-order valence-corrected chi connectivity index (χ3v) is 4.78. The molecule has 1 aromatic carbocycles. The van der Waals surface area contributed by atoms with Crippen LogP contribution in [0.3, 0.4) is 0 Å². The number of nitrogens with zero attached hydrogens (tertiary/aromatic N) is 5. The molecule has 7 heteroatoms. The molecule has 0 unspecified atom stereocenters. The first-order chi connectivity index (χ1) is 13.7. The molecule has 1 fully saturated rings. The maximum absolute atomic E-state index is 5.82. The first kappa shape index (κ1) is 20.2. The molecule has 1 N–H and O–H groups in total. The van der Waals surface area contributed by atoms with Gasteiger partial charge in [0.15, 0.2) is 5.96 Å². The van der Waals surface area contributed by atoms with Gasteiger partial charge >= 0.3 is 0 Å². The summed E-state index contributed by atoms with van der Waals surface area (Å²) in [5.41, 5.74) is 1.18. The average molecular weight is 385 g/mol. The zero-order chi connectivity index (χ0) is 19.6. The highest BCUT2D eigenvalue weighted by molar-refractivity contribution is 5.80. The van der Waals surface area contributed by atoms with Crippen molar-refractivity contribution >= 4 is 5.96 Å². The quantitative estimate of drug-likeness (QED) is 0.556. The predicted molar refractivity (Wildman–Crippen MR) is 113 cm³/mol. The zero-order valence-electron chi connectivity index (χ0n) is 17.0. The van der Waals surface area contributed by atoms with E-state index in [1.165, 1.54) is 5.56 Å². The van der Waals surface area contributed by atoms with Crippen LogP contribution in [0.2, 0.25) is 0 Å². The fourth-order valence-electron chi connectivity index (χ4n) is 3.27. The molecule has 0 atom stereocenters. The van der Waals surface area contributed by atoms with E-state index in [-0.39, 0.29) is 0 Å². The molecular formula is C21H32N6O. The van der Waals surface area contributed by atoms with Gasteiger partial charge in [-0.25, -0.2) is 0 Å². The molecule has 1 saturated heterocycles. The molecule has 152 valence electrons. The summed E-state index contributed by atoms with van der Waals surface area (Å²) in [7, 11) is 0. The normalized spacial score (nSPS) is 15.6. The van der Waals surface area contributed by atoms with E-state index in [4.69, 9.17) is 9.73 Å². The Kier molecular flexibility index (Phi) is 7.72. The van der Waals surface area contributed by atoms with Crippen molar-refractivity contribution in [1.82, 2.24) is 24.9 Å². The summed E-state index contributed by atoms with van der Waals surface area (Å²) in [5, 5.41) is 7.75. The Labute approximate surface area is 168 Å². The number of benzene rings is 1. The number of aryl methyl sites for hydroxylation is 1. The van der Waals surface area contributed by atoms with Crippen LogP contribution in [0, 0.1) is 6.92 Å². The number of piperazine rings is 1. The van der Waals surface area contributed by atoms with Gasteiger partial charge in [-0.3, -0.25) is 14.6 Å². The SMILES string of the molecule is CCNC(=NCCn1cc(C)cn1)N1CCN(CCOc2ccccc2)CC1. The standard InChI is InChI=1S/C21H32N6O/c1-3-22-21(23-9-10-27-18-19(2)17-24-27)26-13-11-25(12-14-26)15-16-28-20-7-5-4-6-8-20/h4-8,17-18H,3,9-16H2,1-2H3,(H,22,23). The summed E-state index contributed by atoms with van der Waals surface area (Å²) in [6.45, 7) is 12.3. The van der Waals surface area contributed by atoms with E-state index >= 15 is 0 Å². The van der Waals surface area contributed by atoms with Gasteiger partial charge in [-0.15, -0.1) is 0 Å². The molecule has 0 radical (unpaired) electrons. The van der Waals surface area contributed by atoms with Crippen LogP contribution in [-0.4, -0.2) is 78.0 Å². The van der Waals surface area contributed by atoms with Crippen molar-refractivity contribution in [2.45, 2.75) is 20.4 Å². The molecule has 0 spiro atoms. The minimum atomic E-state index is 0.724. The maximum atomic E-state index is 5.82. The van der Waals surface area contributed by atoms with E-state index in [1.807, 2.05) is 41.2 Å². The number of guanidine groups is 1. The Balaban J connectivity index is 1.41. The van der Waals surface area contributed by atoms with Gasteiger partial charge in [0.2, 0.25) is 0 Å². The van der Waals surface area contributed by atoms with Crippen LogP contribution in [-0.2, 0) is 6.54 Å². The summed E-state index contributed by atoms with van der Waals surface area (Å²) in [5.74, 6) is 1.95. The number of rotatable bonds is 8. The highest BCUT2D eigenvalue weighted by atomic mass is 16.5. The summed E-state index contributed by atoms with van der Waals surface area (Å²) < 4.78 is 7.77. The number of ether oxygens (including phenoxy) is 1. The van der Waals surface area contributed by atoms with Crippen LogP contribution < -0.4 is 10.1 Å². The van der Waals surface area contributed by atoms with Gasteiger partial charge in [0.1, 0.15) is 12.4 Å². The monoisotopic (exact) mass is 384 g/mol. The minimum Gasteiger partial charge on any atom is -0.492 e. The Morgan fingerprint density at radius 3 is 2.61 bits per heavy atom. The molecule has 7 nitrogen and oxygen atoms in total. The molecular weight excluding hydrogens is 352 g/mol. The van der Waals surface area contributed by atoms with Gasteiger partial charge in [0.05, 0.1) is 19.3 Å². The Bertz CT molecular complexity index is 722. The fraction of sp³-hybridized carbons (Fsp3) is 0.524. The van der Waals surface area contributed by atoms with E-state index in [0.29, 0.717) is 0 Å². The second kappa shape index (κ2) is 10.7. The van der Waals surface area contributed by atoms with Crippen molar-refractivity contribution in [2.75, 3.05) is 52.4 Å². The lowest BCUT2D eigenvalue weighted by molar-refractivity contribution is 0.152. The third-order valence-electron chi connectivity index (χ3n) is 4.78. The second-order valence-corrected chi connectivity index (χ2v) is 7.01. The van der Waals surface area contributed by atoms with Gasteiger partial charge in [0, 0.05) is 45.5 Å². The first-order valence-corrected chi connectivity index (χ1v) is 10.2. The van der Waals surface area contributed by atoms with Crippen LogP contribution >= 0.6 is 0 Å². The van der Waals surface area contributed by atoms with Gasteiger partial charge < -0.3 is 15.0 Å². The second-order valence-electron chi connectivity index (χ2n) is 7.01. The number of hydrogen-bond acceptors (Lipinski definition) is 4. The van der Waals surface area contributed by atoms with Crippen molar-refractivity contribution in [2.24, 2.45) is 4.99 Å². The Morgan fingerprint density at radius 1 is 1.14 bits per heavy atom. The lowest BCUT2D eigenvalue weighted by Gasteiger charge is -2.36. The zero-order valence-corrected chi connectivity index (χ0v) is 17.0. The topological polar surface area (TPSA) is 57.9 Å². The number of nitrogens with one attached hydrogen (secondary N) is 1. The van der Waals surface area contributed by atoms with E-state index in [2.05, 4.69) is 40.3 Å². The number of para-hydroxylation sites is 1. The van der Waals surface area contributed by atoms with Gasteiger partial charge in [-0.1, -0.05) is 18.2 Å². The Morgan fingerprint density at radius 2 is 1.93 bits per heavy atom. The molecule has 2 heterocycles. The molecule has 1 aromatic heterocycles. The number of aromatic nitrogens is 2. The summed E-state index contributed by atoms with van der Waals surface area (Å²) in [6.07, 6.45) is 3.94. The Hall–Kier alpha value is -2.54. The highest BCUT2D eigenvalue weighted by Crippen LogP contribution is 2.09. The molecule has 1 aliphatic rings. The van der Waals surface area contributed by atoms with Crippen molar-refractivity contribution in [3.8, 4) is 5.75 Å². The number of aliphatic imine (C=N–C) groups is 1. The average Bonchev–Trinajstić information content (AvgIpc) is 3.14. The predicted octanol–water partition coefficient (Wildman–Crippen LogP) is 1.85. The minimum absolute atomic E-state index is 0.724. The molecule has 3 rings (SSSR count). The van der Waals surface area contributed by atoms with Gasteiger partial charge in [-0.05, 0) is 31.5 Å². The van der Waals surface area contributed by atoms with E-state index < -0.39 is 0 Å². The van der Waals surface area contributed by atoms with Crippen molar-refractivity contribution in [1.29, 1.82) is 0 Å². The van der Waals surface area contributed by atoms with E-state index in [0.717, 1.165) is 70.7 Å². The maximum Gasteiger partial charge on any atom is 0.194 e. The summed E-state index contributed by atoms with van der Waals surface area (Å²) in [4.78, 5) is 9.60. The lowest BCUT2D eigenvalue weighted by Crippen LogP contribution is -2.53. The first-order valence-electron chi connectivity index (χ1n) is 10.2. The van der Waals surface area contributed by atoms with Crippen LogP contribution in [0.25, 0.3) is 0 Å². The van der Waals surface area contributed by atoms with Gasteiger partial charge in [0.25, 0.3) is 0 Å². The van der Waals surface area contributed by atoms with Crippen LogP contribution in [0.4, 0.5) is 0 Å². The van der Waals surface area contributed by atoms with E-state index in [9.17, 15) is 0 Å². The molecule has 0 bridgehead atoms. The molecule has 2 aromatic rings. The highest BCUT2D eigenvalue weighted by Gasteiger charge is 2.19. The summed E-state index contributed by atoms with van der Waals surface area (Å²) in [6, 6.07) is 10.0. The van der Waals surface area contributed by atoms with Crippen molar-refractivity contribution in [3.63, 3.8) is 0 Å². The summed E-state index contributed by atoms with van der Waals surface area (Å²) >= 11 is 0. The smallest absolute Gasteiger partial charge is 0.194 e. The van der Waals surface area contributed by atoms with Crippen molar-refractivity contribution in [3.05, 3.63) is 48.3 Å². The molecule has 28 heavy (non-hydrogen) atoms. The van der Waals surface area contributed by atoms with Crippen LogP contribution in [0.1, 0.15) is 12.5 Å². The molecule has 0 amide bonds. The molecule has 1 aliphatic heterocycles. The van der Waals surface area contributed by atoms with Crippen molar-refractivity contribution < 1.29 is 4.74 Å². The largest absolute Gasteiger partial charge is 0.492 e.